The van der Waals surface area contributed by atoms with E-state index in [2.05, 4.69) is 10.5 Å². The molecule has 3 aromatic carbocycles. The van der Waals surface area contributed by atoms with Gasteiger partial charge < -0.3 is 9.47 Å². The molecule has 0 saturated carbocycles. The Morgan fingerprint density at radius 1 is 1.03 bits per heavy atom. The van der Waals surface area contributed by atoms with Crippen LogP contribution in [0.3, 0.4) is 0 Å². The number of thioether (sulfide) groups is 1. The van der Waals surface area contributed by atoms with Gasteiger partial charge in [-0.2, -0.15) is 5.10 Å². The number of benzene rings is 3. The van der Waals surface area contributed by atoms with Crippen molar-refractivity contribution in [3.05, 3.63) is 94.5 Å². The first-order valence-corrected chi connectivity index (χ1v) is 11.2. The predicted molar refractivity (Wildman–Crippen MR) is 127 cm³/mol. The highest BCUT2D eigenvalue weighted by molar-refractivity contribution is 7.99. The molecule has 160 valence electrons. The monoisotopic (exact) mass is 454 g/mol. The second-order valence-electron chi connectivity index (χ2n) is 6.62. The fourth-order valence-electron chi connectivity index (χ4n) is 2.64. The molecule has 0 atom stereocenters. The van der Waals surface area contributed by atoms with Gasteiger partial charge >= 0.3 is 0 Å². The largest absolute Gasteiger partial charge is 0.497 e. The van der Waals surface area contributed by atoms with E-state index in [0.717, 1.165) is 33.9 Å². The van der Waals surface area contributed by atoms with Crippen LogP contribution < -0.4 is 14.9 Å². The zero-order valence-corrected chi connectivity index (χ0v) is 18.7. The minimum Gasteiger partial charge on any atom is -0.497 e. The van der Waals surface area contributed by atoms with Crippen molar-refractivity contribution in [3.63, 3.8) is 0 Å². The van der Waals surface area contributed by atoms with Gasteiger partial charge in [0.1, 0.15) is 18.1 Å². The summed E-state index contributed by atoms with van der Waals surface area (Å²) < 4.78 is 10.9. The Morgan fingerprint density at radius 2 is 1.77 bits per heavy atom. The summed E-state index contributed by atoms with van der Waals surface area (Å²) in [5, 5.41) is 4.70. The second kappa shape index (κ2) is 12.0. The lowest BCUT2D eigenvalue weighted by Gasteiger charge is -2.06. The number of ether oxygens (including phenoxy) is 2. The molecule has 7 heteroatoms. The summed E-state index contributed by atoms with van der Waals surface area (Å²) in [6.45, 7) is 0.443. The first-order chi connectivity index (χ1) is 15.1. The van der Waals surface area contributed by atoms with Crippen molar-refractivity contribution in [1.29, 1.82) is 0 Å². The number of hydrogen-bond acceptors (Lipinski definition) is 5. The van der Waals surface area contributed by atoms with E-state index >= 15 is 0 Å². The number of amides is 1. The smallest absolute Gasteiger partial charge is 0.250 e. The van der Waals surface area contributed by atoms with E-state index in [-0.39, 0.29) is 5.91 Å². The van der Waals surface area contributed by atoms with Gasteiger partial charge in [-0.05, 0) is 65.2 Å². The van der Waals surface area contributed by atoms with E-state index in [1.165, 1.54) is 11.8 Å². The minimum absolute atomic E-state index is 0.142. The summed E-state index contributed by atoms with van der Waals surface area (Å²) in [4.78, 5) is 11.9. The summed E-state index contributed by atoms with van der Waals surface area (Å²) in [5.74, 6) is 2.51. The number of nitrogens with one attached hydrogen (secondary N) is 1. The fourth-order valence-corrected chi connectivity index (χ4v) is 3.63. The van der Waals surface area contributed by atoms with Crippen molar-refractivity contribution in [1.82, 2.24) is 5.43 Å². The Labute approximate surface area is 191 Å². The molecule has 3 rings (SSSR count). The van der Waals surface area contributed by atoms with E-state index in [9.17, 15) is 4.79 Å². The Kier molecular flexibility index (Phi) is 8.82. The highest BCUT2D eigenvalue weighted by Crippen LogP contribution is 2.17. The third-order valence-corrected chi connectivity index (χ3v) is 5.48. The average Bonchev–Trinajstić information content (AvgIpc) is 2.79. The molecule has 0 aliphatic rings. The van der Waals surface area contributed by atoms with Crippen LogP contribution in [0, 0.1) is 0 Å². The first kappa shape index (κ1) is 22.7. The molecule has 0 radical (unpaired) electrons. The number of carbonyl (C=O) groups excluding carboxylic acids is 1. The number of halogens is 1. The maximum absolute atomic E-state index is 11.9. The second-order valence-corrected chi connectivity index (χ2v) is 8.04. The summed E-state index contributed by atoms with van der Waals surface area (Å²) in [6, 6.07) is 22.8. The van der Waals surface area contributed by atoms with Crippen molar-refractivity contribution < 1.29 is 14.3 Å². The molecule has 1 amide bonds. The van der Waals surface area contributed by atoms with E-state index in [1.54, 1.807) is 13.3 Å². The molecule has 0 saturated heterocycles. The maximum atomic E-state index is 11.9. The van der Waals surface area contributed by atoms with Gasteiger partial charge in [-0.15, -0.1) is 11.8 Å². The molecule has 5 nitrogen and oxygen atoms in total. The Balaban J connectivity index is 1.37. The highest BCUT2D eigenvalue weighted by Gasteiger charge is 2.02. The Hall–Kier alpha value is -2.96. The standard InChI is InChI=1S/C24H23ClN2O3S/c1-29-22-9-7-19(8-10-22)16-31-17-24(28)27-26-14-18-5-11-23(12-6-18)30-15-20-3-2-4-21(25)13-20/h2-14H,15-17H2,1H3,(H,27,28)/b26-14-. The van der Waals surface area contributed by atoms with Crippen LogP contribution in [0.5, 0.6) is 11.5 Å². The SMILES string of the molecule is COc1ccc(CSCC(=O)N/N=C\c2ccc(OCc3cccc(Cl)c3)cc2)cc1. The Bertz CT molecular complexity index is 1010. The van der Waals surface area contributed by atoms with E-state index in [0.29, 0.717) is 17.4 Å². The lowest BCUT2D eigenvalue weighted by molar-refractivity contribution is -0.118. The molecule has 0 aromatic heterocycles. The fraction of sp³-hybridized carbons (Fsp3) is 0.167. The van der Waals surface area contributed by atoms with Gasteiger partial charge in [-0.25, -0.2) is 5.43 Å². The molecule has 0 aliphatic carbocycles. The van der Waals surface area contributed by atoms with Crippen LogP contribution in [0.1, 0.15) is 16.7 Å². The van der Waals surface area contributed by atoms with Gasteiger partial charge in [0, 0.05) is 10.8 Å². The molecule has 3 aromatic rings. The van der Waals surface area contributed by atoms with Crippen molar-refractivity contribution in [2.75, 3.05) is 12.9 Å². The van der Waals surface area contributed by atoms with Crippen molar-refractivity contribution >= 4 is 35.5 Å². The Morgan fingerprint density at radius 3 is 2.48 bits per heavy atom. The number of carbonyl (C=O) groups is 1. The molecule has 0 unspecified atom stereocenters. The topological polar surface area (TPSA) is 59.9 Å². The molecule has 0 spiro atoms. The molecule has 0 aliphatic heterocycles. The number of hydrazone groups is 1. The van der Waals surface area contributed by atoms with Crippen LogP contribution in [0.2, 0.25) is 5.02 Å². The van der Waals surface area contributed by atoms with Crippen molar-refractivity contribution in [3.8, 4) is 11.5 Å². The number of hydrogen-bond donors (Lipinski definition) is 1. The number of methoxy groups -OCH3 is 1. The van der Waals surface area contributed by atoms with Crippen molar-refractivity contribution in [2.24, 2.45) is 5.10 Å². The van der Waals surface area contributed by atoms with E-state index in [4.69, 9.17) is 21.1 Å². The molecule has 31 heavy (non-hydrogen) atoms. The van der Waals surface area contributed by atoms with E-state index in [1.807, 2.05) is 72.8 Å². The first-order valence-electron chi connectivity index (χ1n) is 9.62. The van der Waals surface area contributed by atoms with Gasteiger partial charge in [-0.3, -0.25) is 4.79 Å². The predicted octanol–water partition coefficient (Wildman–Crippen LogP) is 5.31. The molecule has 0 bridgehead atoms. The summed E-state index contributed by atoms with van der Waals surface area (Å²) in [7, 11) is 1.64. The molecule has 1 N–H and O–H groups in total. The maximum Gasteiger partial charge on any atom is 0.250 e. The summed E-state index contributed by atoms with van der Waals surface area (Å²) >= 11 is 7.51. The zero-order chi connectivity index (χ0) is 21.9. The number of nitrogens with zero attached hydrogens (tertiary/aromatic N) is 1. The minimum atomic E-state index is -0.142. The number of rotatable bonds is 10. The van der Waals surface area contributed by atoms with Gasteiger partial charge in [0.25, 0.3) is 0 Å². The van der Waals surface area contributed by atoms with Crippen LogP contribution in [0.4, 0.5) is 0 Å². The summed E-state index contributed by atoms with van der Waals surface area (Å²) in [6.07, 6.45) is 1.60. The third-order valence-electron chi connectivity index (χ3n) is 4.24. The molecular formula is C24H23ClN2O3S. The normalized spacial score (nSPS) is 10.8. The lowest BCUT2D eigenvalue weighted by Crippen LogP contribution is -2.19. The highest BCUT2D eigenvalue weighted by atomic mass is 35.5. The van der Waals surface area contributed by atoms with Crippen LogP contribution >= 0.6 is 23.4 Å². The quantitative estimate of drug-likeness (QED) is 0.333. The molecular weight excluding hydrogens is 432 g/mol. The third kappa shape index (κ3) is 8.00. The van der Waals surface area contributed by atoms with Gasteiger partial charge in [0.2, 0.25) is 5.91 Å². The molecule has 0 heterocycles. The average molecular weight is 455 g/mol. The zero-order valence-electron chi connectivity index (χ0n) is 17.1. The van der Waals surface area contributed by atoms with Gasteiger partial charge in [0.15, 0.2) is 0 Å². The lowest BCUT2D eigenvalue weighted by atomic mass is 10.2. The van der Waals surface area contributed by atoms with Gasteiger partial charge in [-0.1, -0.05) is 35.9 Å². The van der Waals surface area contributed by atoms with Crippen LogP contribution in [-0.4, -0.2) is 25.0 Å². The summed E-state index contributed by atoms with van der Waals surface area (Å²) in [5.41, 5.74) is 5.55. The van der Waals surface area contributed by atoms with Gasteiger partial charge in [0.05, 0.1) is 19.1 Å². The van der Waals surface area contributed by atoms with Crippen LogP contribution in [0.15, 0.2) is 77.9 Å². The van der Waals surface area contributed by atoms with Crippen LogP contribution in [-0.2, 0) is 17.2 Å². The van der Waals surface area contributed by atoms with Crippen LogP contribution in [0.25, 0.3) is 0 Å². The molecule has 0 fully saturated rings. The van der Waals surface area contributed by atoms with E-state index < -0.39 is 0 Å². The van der Waals surface area contributed by atoms with Crippen molar-refractivity contribution in [2.45, 2.75) is 12.4 Å².